The Labute approximate surface area is 106 Å². The van der Waals surface area contributed by atoms with E-state index >= 15 is 0 Å². The van der Waals surface area contributed by atoms with Gasteiger partial charge in [0.2, 0.25) is 0 Å². The number of halogens is 1. The normalized spacial score (nSPS) is 11.7. The van der Waals surface area contributed by atoms with Gasteiger partial charge in [-0.1, -0.05) is 18.5 Å². The largest absolute Gasteiger partial charge is 0.471 e. The minimum Gasteiger partial charge on any atom is -0.471 e. The summed E-state index contributed by atoms with van der Waals surface area (Å²) in [5.41, 5.74) is 0. The van der Waals surface area contributed by atoms with Crippen LogP contribution in [0, 0.1) is 0 Å². The van der Waals surface area contributed by atoms with E-state index in [1.54, 1.807) is 31.2 Å². The van der Waals surface area contributed by atoms with Crippen molar-refractivity contribution in [2.24, 2.45) is 0 Å². The highest BCUT2D eigenvalue weighted by molar-refractivity contribution is 6.30. The maximum atomic E-state index is 11.3. The summed E-state index contributed by atoms with van der Waals surface area (Å²) in [7, 11) is 0. The molecule has 4 nitrogen and oxygen atoms in total. The first-order valence-electron chi connectivity index (χ1n) is 5.58. The van der Waals surface area contributed by atoms with Crippen LogP contribution in [-0.4, -0.2) is 18.8 Å². The monoisotopic (exact) mass is 256 g/mol. The molecule has 0 radical (unpaired) electrons. The summed E-state index contributed by atoms with van der Waals surface area (Å²) in [6.07, 6.45) is 0.507. The molecule has 0 spiro atoms. The zero-order valence-electron chi connectivity index (χ0n) is 10.00. The van der Waals surface area contributed by atoms with Crippen molar-refractivity contribution in [2.75, 3.05) is 6.54 Å². The molecule has 0 aliphatic carbocycles. The molecule has 17 heavy (non-hydrogen) atoms. The molecule has 0 saturated heterocycles. The Morgan fingerprint density at radius 2 is 2.06 bits per heavy atom. The molecule has 5 heteroatoms. The number of hydrogen-bond donors (Lipinski definition) is 2. The standard InChI is InChI=1S/C12H17ClN2O2/c1-3-8-14-12(16)15-9(2)17-11-6-4-10(13)5-7-11/h4-7,9H,3,8H2,1-2H3,(H2,14,15,16). The van der Waals surface area contributed by atoms with Crippen molar-refractivity contribution >= 4 is 17.6 Å². The molecule has 0 saturated carbocycles. The first kappa shape index (κ1) is 13.6. The maximum Gasteiger partial charge on any atom is 0.317 e. The highest BCUT2D eigenvalue weighted by Crippen LogP contribution is 2.16. The number of carbonyl (C=O) groups excluding carboxylic acids is 1. The van der Waals surface area contributed by atoms with Crippen LogP contribution >= 0.6 is 11.6 Å². The molecule has 0 fully saturated rings. The average Bonchev–Trinajstić information content (AvgIpc) is 2.29. The Bertz CT molecular complexity index is 354. The number of nitrogens with one attached hydrogen (secondary N) is 2. The number of hydrogen-bond acceptors (Lipinski definition) is 2. The van der Waals surface area contributed by atoms with Crippen LogP contribution in [0.25, 0.3) is 0 Å². The molecule has 0 aliphatic heterocycles. The summed E-state index contributed by atoms with van der Waals surface area (Å²) in [6.45, 7) is 4.41. The molecule has 1 rings (SSSR count). The van der Waals surface area contributed by atoms with Gasteiger partial charge in [0.15, 0.2) is 6.23 Å². The lowest BCUT2D eigenvalue weighted by molar-refractivity contribution is 0.177. The van der Waals surface area contributed by atoms with Gasteiger partial charge in [0.25, 0.3) is 0 Å². The van der Waals surface area contributed by atoms with Crippen LogP contribution in [0.1, 0.15) is 20.3 Å². The maximum absolute atomic E-state index is 11.3. The Balaban J connectivity index is 2.36. The van der Waals surface area contributed by atoms with Crippen LogP contribution in [0.2, 0.25) is 5.02 Å². The second-order valence-electron chi connectivity index (χ2n) is 3.61. The van der Waals surface area contributed by atoms with Crippen molar-refractivity contribution in [2.45, 2.75) is 26.5 Å². The van der Waals surface area contributed by atoms with Gasteiger partial charge in [-0.2, -0.15) is 0 Å². The zero-order chi connectivity index (χ0) is 12.7. The smallest absolute Gasteiger partial charge is 0.317 e. The van der Waals surface area contributed by atoms with Crippen molar-refractivity contribution in [3.8, 4) is 5.75 Å². The molecule has 1 aromatic rings. The highest BCUT2D eigenvalue weighted by Gasteiger charge is 2.07. The molecule has 0 bridgehead atoms. The fourth-order valence-electron chi connectivity index (χ4n) is 1.22. The lowest BCUT2D eigenvalue weighted by Gasteiger charge is -2.16. The molecule has 0 aromatic heterocycles. The van der Waals surface area contributed by atoms with E-state index in [0.717, 1.165) is 6.42 Å². The molecular formula is C12H17ClN2O2. The van der Waals surface area contributed by atoms with Crippen LogP contribution in [0.3, 0.4) is 0 Å². The van der Waals surface area contributed by atoms with E-state index in [-0.39, 0.29) is 6.03 Å². The zero-order valence-corrected chi connectivity index (χ0v) is 10.8. The van der Waals surface area contributed by atoms with Crippen LogP contribution in [0.4, 0.5) is 4.79 Å². The third-order valence-corrected chi connectivity index (χ3v) is 2.25. The lowest BCUT2D eigenvalue weighted by atomic mass is 10.3. The Hall–Kier alpha value is -1.42. The molecule has 0 heterocycles. The van der Waals surface area contributed by atoms with E-state index in [9.17, 15) is 4.79 Å². The molecule has 2 amide bonds. The Morgan fingerprint density at radius 1 is 1.41 bits per heavy atom. The van der Waals surface area contributed by atoms with Gasteiger partial charge in [-0.25, -0.2) is 4.79 Å². The summed E-state index contributed by atoms with van der Waals surface area (Å²) < 4.78 is 5.49. The second kappa shape index (κ2) is 7.01. The lowest BCUT2D eigenvalue weighted by Crippen LogP contribution is -2.43. The van der Waals surface area contributed by atoms with Crippen molar-refractivity contribution in [1.82, 2.24) is 10.6 Å². The number of urea groups is 1. The van der Waals surface area contributed by atoms with E-state index in [2.05, 4.69) is 10.6 Å². The molecular weight excluding hydrogens is 240 g/mol. The molecule has 2 N–H and O–H groups in total. The quantitative estimate of drug-likeness (QED) is 0.796. The van der Waals surface area contributed by atoms with Gasteiger partial charge in [-0.05, 0) is 37.6 Å². The molecule has 1 unspecified atom stereocenters. The second-order valence-corrected chi connectivity index (χ2v) is 4.05. The minimum atomic E-state index is -0.395. The minimum absolute atomic E-state index is 0.228. The average molecular weight is 257 g/mol. The Morgan fingerprint density at radius 3 is 2.65 bits per heavy atom. The van der Waals surface area contributed by atoms with Crippen LogP contribution in [0.5, 0.6) is 5.75 Å². The van der Waals surface area contributed by atoms with Gasteiger partial charge in [-0.15, -0.1) is 0 Å². The van der Waals surface area contributed by atoms with Crippen LogP contribution < -0.4 is 15.4 Å². The van der Waals surface area contributed by atoms with Crippen molar-refractivity contribution in [3.63, 3.8) is 0 Å². The van der Waals surface area contributed by atoms with Gasteiger partial charge in [0.05, 0.1) is 0 Å². The third-order valence-electron chi connectivity index (χ3n) is 2.00. The number of amides is 2. The Kier molecular flexibility index (Phi) is 5.63. The van der Waals surface area contributed by atoms with Crippen molar-refractivity contribution in [3.05, 3.63) is 29.3 Å². The molecule has 0 aliphatic rings. The van der Waals surface area contributed by atoms with E-state index < -0.39 is 6.23 Å². The van der Waals surface area contributed by atoms with Gasteiger partial charge >= 0.3 is 6.03 Å². The number of ether oxygens (including phenoxy) is 1. The first-order chi connectivity index (χ1) is 8.11. The van der Waals surface area contributed by atoms with Crippen LogP contribution in [-0.2, 0) is 0 Å². The first-order valence-corrected chi connectivity index (χ1v) is 5.96. The van der Waals surface area contributed by atoms with Crippen molar-refractivity contribution in [1.29, 1.82) is 0 Å². The fourth-order valence-corrected chi connectivity index (χ4v) is 1.35. The van der Waals surface area contributed by atoms with E-state index in [1.807, 2.05) is 6.92 Å². The van der Waals surface area contributed by atoms with Crippen molar-refractivity contribution < 1.29 is 9.53 Å². The predicted molar refractivity (Wildman–Crippen MR) is 68.4 cm³/mol. The third kappa shape index (κ3) is 5.45. The molecule has 94 valence electrons. The summed E-state index contributed by atoms with van der Waals surface area (Å²) in [4.78, 5) is 11.3. The van der Waals surface area contributed by atoms with E-state index in [4.69, 9.17) is 16.3 Å². The number of benzene rings is 1. The predicted octanol–water partition coefficient (Wildman–Crippen LogP) is 2.77. The van der Waals surface area contributed by atoms with Gasteiger partial charge in [-0.3, -0.25) is 0 Å². The fraction of sp³-hybridized carbons (Fsp3) is 0.417. The van der Waals surface area contributed by atoms with Gasteiger partial charge in [0.1, 0.15) is 5.75 Å². The molecule has 1 atom stereocenters. The highest BCUT2D eigenvalue weighted by atomic mass is 35.5. The summed E-state index contributed by atoms with van der Waals surface area (Å²) in [6, 6.07) is 6.75. The van der Waals surface area contributed by atoms with Crippen LogP contribution in [0.15, 0.2) is 24.3 Å². The summed E-state index contributed by atoms with van der Waals surface area (Å²) >= 11 is 5.75. The van der Waals surface area contributed by atoms with Gasteiger partial charge < -0.3 is 15.4 Å². The number of rotatable bonds is 5. The summed E-state index contributed by atoms with van der Waals surface area (Å²) in [5.74, 6) is 0.665. The number of carbonyl (C=O) groups is 1. The summed E-state index contributed by atoms with van der Waals surface area (Å²) in [5, 5.41) is 6.03. The topological polar surface area (TPSA) is 50.4 Å². The van der Waals surface area contributed by atoms with E-state index in [0.29, 0.717) is 17.3 Å². The van der Waals surface area contributed by atoms with Gasteiger partial charge in [0, 0.05) is 11.6 Å². The van der Waals surface area contributed by atoms with E-state index in [1.165, 1.54) is 0 Å². The molecule has 1 aromatic carbocycles. The SMILES string of the molecule is CCCNC(=O)NC(C)Oc1ccc(Cl)cc1.